The average molecular weight is 278 g/mol. The molecule has 0 spiro atoms. The lowest BCUT2D eigenvalue weighted by Gasteiger charge is -2.17. The van der Waals surface area contributed by atoms with E-state index in [1.54, 1.807) is 18.2 Å². The average Bonchev–Trinajstić information content (AvgIpc) is 2.39. The number of hydrogen-bond acceptors (Lipinski definition) is 2. The smallest absolute Gasteiger partial charge is 0.253 e. The van der Waals surface area contributed by atoms with Crippen LogP contribution in [0.5, 0.6) is 0 Å². The summed E-state index contributed by atoms with van der Waals surface area (Å²) in [4.78, 5) is 12.0. The Hall–Kier alpha value is -1.75. The zero-order valence-corrected chi connectivity index (χ0v) is 11.4. The summed E-state index contributed by atoms with van der Waals surface area (Å²) < 4.78 is 13.6. The Balaban J connectivity index is 2.22. The second-order valence-electron chi connectivity index (χ2n) is 4.24. The highest BCUT2D eigenvalue weighted by Crippen LogP contribution is 2.21. The number of anilines is 1. The van der Waals surface area contributed by atoms with Gasteiger partial charge in [0.25, 0.3) is 5.91 Å². The molecule has 0 bridgehead atoms. The van der Waals surface area contributed by atoms with E-state index < -0.39 is 0 Å². The van der Waals surface area contributed by atoms with Gasteiger partial charge in [-0.05, 0) is 25.0 Å². The van der Waals surface area contributed by atoms with Gasteiger partial charge in [0.2, 0.25) is 0 Å². The highest BCUT2D eigenvalue weighted by molar-refractivity contribution is 7.81. The molecule has 19 heavy (non-hydrogen) atoms. The summed E-state index contributed by atoms with van der Waals surface area (Å²) in [6, 6.07) is 4.80. The first-order chi connectivity index (χ1) is 9.13. The largest absolute Gasteiger partial charge is 0.352 e. The summed E-state index contributed by atoms with van der Waals surface area (Å²) in [6.45, 7) is 2.50. The van der Waals surface area contributed by atoms with Gasteiger partial charge in [0.1, 0.15) is 10.8 Å². The number of benzene rings is 1. The van der Waals surface area contributed by atoms with Gasteiger partial charge in [0.15, 0.2) is 0 Å². The molecule has 0 aliphatic carbocycles. The number of halogens is 1. The van der Waals surface area contributed by atoms with Gasteiger partial charge in [-0.3, -0.25) is 4.79 Å². The molecular weight excluding hydrogens is 263 g/mol. The van der Waals surface area contributed by atoms with E-state index in [1.165, 1.54) is 6.07 Å². The summed E-state index contributed by atoms with van der Waals surface area (Å²) in [5.74, 6) is -0.449. The predicted molar refractivity (Wildman–Crippen MR) is 77.7 cm³/mol. The minimum Gasteiger partial charge on any atom is -0.352 e. The van der Waals surface area contributed by atoms with E-state index in [2.05, 4.69) is 10.6 Å². The normalized spacial score (nSPS) is 14.6. The van der Waals surface area contributed by atoms with Crippen molar-refractivity contribution in [3.05, 3.63) is 41.2 Å². The maximum Gasteiger partial charge on any atom is 0.253 e. The molecule has 2 rings (SSSR count). The topological polar surface area (TPSA) is 41.1 Å². The summed E-state index contributed by atoms with van der Waals surface area (Å²) in [5.41, 5.74) is 1.64. The van der Waals surface area contributed by atoms with Crippen molar-refractivity contribution >= 4 is 28.8 Å². The molecule has 3 nitrogen and oxygen atoms in total. The van der Waals surface area contributed by atoms with E-state index in [0.717, 1.165) is 6.42 Å². The van der Waals surface area contributed by atoms with E-state index in [0.29, 0.717) is 34.8 Å². The predicted octanol–water partition coefficient (Wildman–Crippen LogP) is 2.57. The Kier molecular flexibility index (Phi) is 4.27. The van der Waals surface area contributed by atoms with E-state index in [4.69, 9.17) is 12.2 Å². The molecular formula is C14H15FN2OS. The molecule has 2 N–H and O–H groups in total. The van der Waals surface area contributed by atoms with Gasteiger partial charge in [0, 0.05) is 17.8 Å². The second kappa shape index (κ2) is 5.93. The number of nitrogens with one attached hydrogen (secondary N) is 2. The lowest BCUT2D eigenvalue weighted by molar-refractivity contribution is -0.117. The van der Waals surface area contributed by atoms with Crippen LogP contribution in [0.3, 0.4) is 0 Å². The van der Waals surface area contributed by atoms with Crippen LogP contribution in [0.1, 0.15) is 18.9 Å². The zero-order valence-electron chi connectivity index (χ0n) is 10.6. The fourth-order valence-corrected chi connectivity index (χ4v) is 2.30. The molecule has 5 heteroatoms. The van der Waals surface area contributed by atoms with Crippen molar-refractivity contribution < 1.29 is 9.18 Å². The number of thiocarbonyl (C=S) groups is 1. The number of rotatable bonds is 3. The third-order valence-electron chi connectivity index (χ3n) is 2.99. The summed E-state index contributed by atoms with van der Waals surface area (Å²) in [6.07, 6.45) is 3.12. The van der Waals surface area contributed by atoms with Gasteiger partial charge in [-0.15, -0.1) is 0 Å². The Bertz CT molecular complexity index is 554. The van der Waals surface area contributed by atoms with Crippen LogP contribution in [0.25, 0.3) is 0 Å². The first-order valence-corrected chi connectivity index (χ1v) is 6.61. The van der Waals surface area contributed by atoms with Crippen molar-refractivity contribution in [2.75, 3.05) is 11.9 Å². The standard InChI is InChI=1S/C14H15FN2OS/c1-2-9-11(15)6-3-7-12(9)17-14(19)10-5-4-8-16-13(10)18/h3,5-7H,2,4,8H2,1H3,(H,16,18)(H,17,19). The zero-order chi connectivity index (χ0) is 13.8. The van der Waals surface area contributed by atoms with Crippen LogP contribution in [0, 0.1) is 5.82 Å². The minimum atomic E-state index is -0.266. The van der Waals surface area contributed by atoms with E-state index in [-0.39, 0.29) is 11.7 Å². The Morgan fingerprint density at radius 1 is 1.53 bits per heavy atom. The maximum atomic E-state index is 13.6. The van der Waals surface area contributed by atoms with E-state index >= 15 is 0 Å². The number of hydrogen-bond donors (Lipinski definition) is 2. The molecule has 0 radical (unpaired) electrons. The number of carbonyl (C=O) groups excluding carboxylic acids is 1. The van der Waals surface area contributed by atoms with Crippen molar-refractivity contribution in [3.8, 4) is 0 Å². The van der Waals surface area contributed by atoms with Crippen molar-refractivity contribution in [1.82, 2.24) is 5.32 Å². The third-order valence-corrected chi connectivity index (χ3v) is 3.31. The van der Waals surface area contributed by atoms with Crippen molar-refractivity contribution in [1.29, 1.82) is 0 Å². The molecule has 0 unspecified atom stereocenters. The van der Waals surface area contributed by atoms with Gasteiger partial charge < -0.3 is 10.6 Å². The third kappa shape index (κ3) is 2.98. The molecule has 1 aliphatic rings. The van der Waals surface area contributed by atoms with E-state index in [1.807, 2.05) is 6.92 Å². The lowest BCUT2D eigenvalue weighted by Crippen LogP contribution is -2.34. The van der Waals surface area contributed by atoms with Gasteiger partial charge >= 0.3 is 0 Å². The first kappa shape index (κ1) is 13.7. The Morgan fingerprint density at radius 3 is 3.00 bits per heavy atom. The summed E-state index contributed by atoms with van der Waals surface area (Å²) in [7, 11) is 0. The van der Waals surface area contributed by atoms with Crippen LogP contribution in [-0.4, -0.2) is 17.4 Å². The van der Waals surface area contributed by atoms with Crippen molar-refractivity contribution in [2.24, 2.45) is 0 Å². The van der Waals surface area contributed by atoms with Gasteiger partial charge in [-0.1, -0.05) is 31.3 Å². The van der Waals surface area contributed by atoms with Crippen LogP contribution in [-0.2, 0) is 11.2 Å². The quantitative estimate of drug-likeness (QED) is 0.835. The van der Waals surface area contributed by atoms with Gasteiger partial charge in [-0.25, -0.2) is 4.39 Å². The van der Waals surface area contributed by atoms with Crippen molar-refractivity contribution in [3.63, 3.8) is 0 Å². The molecule has 0 aromatic heterocycles. The monoisotopic (exact) mass is 278 g/mol. The van der Waals surface area contributed by atoms with Crippen LogP contribution >= 0.6 is 12.2 Å². The molecule has 0 saturated heterocycles. The summed E-state index contributed by atoms with van der Waals surface area (Å²) in [5, 5.41) is 5.69. The molecule has 0 fully saturated rings. The summed E-state index contributed by atoms with van der Waals surface area (Å²) >= 11 is 5.22. The molecule has 1 aromatic carbocycles. The SMILES string of the molecule is CCc1c(F)cccc1NC(=S)C1=CCCNC1=O. The molecule has 1 aromatic rings. The highest BCUT2D eigenvalue weighted by atomic mass is 32.1. The maximum absolute atomic E-state index is 13.6. The minimum absolute atomic E-state index is 0.182. The first-order valence-electron chi connectivity index (χ1n) is 6.20. The number of carbonyl (C=O) groups is 1. The number of amides is 1. The molecule has 1 heterocycles. The van der Waals surface area contributed by atoms with Crippen LogP contribution < -0.4 is 10.6 Å². The second-order valence-corrected chi connectivity index (χ2v) is 4.64. The van der Waals surface area contributed by atoms with Crippen LogP contribution in [0.2, 0.25) is 0 Å². The van der Waals surface area contributed by atoms with Crippen molar-refractivity contribution in [2.45, 2.75) is 19.8 Å². The highest BCUT2D eigenvalue weighted by Gasteiger charge is 2.18. The van der Waals surface area contributed by atoms with Gasteiger partial charge in [0.05, 0.1) is 5.57 Å². The molecule has 0 saturated carbocycles. The molecule has 100 valence electrons. The van der Waals surface area contributed by atoms with Gasteiger partial charge in [-0.2, -0.15) is 0 Å². The molecule has 1 aliphatic heterocycles. The fraction of sp³-hybridized carbons (Fsp3) is 0.286. The van der Waals surface area contributed by atoms with E-state index in [9.17, 15) is 9.18 Å². The van der Waals surface area contributed by atoms with Crippen LogP contribution in [0.4, 0.5) is 10.1 Å². The Morgan fingerprint density at radius 2 is 2.32 bits per heavy atom. The fourth-order valence-electron chi connectivity index (χ4n) is 2.01. The lowest BCUT2D eigenvalue weighted by atomic mass is 10.1. The van der Waals surface area contributed by atoms with Crippen LogP contribution in [0.15, 0.2) is 29.8 Å². The Labute approximate surface area is 116 Å². The molecule has 1 amide bonds. The molecule has 0 atom stereocenters.